The summed E-state index contributed by atoms with van der Waals surface area (Å²) in [5.74, 6) is 2.80. The Morgan fingerprint density at radius 2 is 1.86 bits per heavy atom. The molecule has 0 atom stereocenters. The number of unbranched alkanes of at least 4 members (excludes halogenated alkanes) is 1. The first-order chi connectivity index (χ1) is 10.4. The molecule has 2 aromatic rings. The fraction of sp³-hybridized carbons (Fsp3) is 0.400. The van der Waals surface area contributed by atoms with E-state index in [0.717, 1.165) is 48.3 Å². The lowest BCUT2D eigenvalue weighted by molar-refractivity contribution is 0.789. The zero-order valence-corrected chi connectivity index (χ0v) is 13.1. The molecule has 0 bridgehead atoms. The van der Waals surface area contributed by atoms with Gasteiger partial charge in [-0.25, -0.2) is 9.97 Å². The van der Waals surface area contributed by atoms with Crippen LogP contribution in [0.5, 0.6) is 0 Å². The Morgan fingerprint density at radius 1 is 1.05 bits per heavy atom. The highest BCUT2D eigenvalue weighted by Gasteiger charge is 1.98. The van der Waals surface area contributed by atoms with E-state index in [1.54, 1.807) is 30.4 Å². The molecule has 6 heteroatoms. The smallest absolute Gasteiger partial charge is 0.145 e. The third kappa shape index (κ3) is 5.99. The Hall–Kier alpha value is -1.82. The summed E-state index contributed by atoms with van der Waals surface area (Å²) in [6.07, 6.45) is 7.53. The second kappa shape index (κ2) is 9.18. The molecular weight excluding hydrogens is 282 g/mol. The summed E-state index contributed by atoms with van der Waals surface area (Å²) >= 11 is 1.70. The second-order valence-electron chi connectivity index (χ2n) is 4.45. The van der Waals surface area contributed by atoms with Crippen molar-refractivity contribution in [2.24, 2.45) is 0 Å². The van der Waals surface area contributed by atoms with Crippen LogP contribution in [0.2, 0.25) is 0 Å². The molecule has 0 saturated heterocycles. The molecular formula is C15H21N5S. The number of nitrogens with zero attached hydrogens (tertiary/aromatic N) is 3. The van der Waals surface area contributed by atoms with Crippen molar-refractivity contribution in [2.75, 3.05) is 29.5 Å². The van der Waals surface area contributed by atoms with Crippen LogP contribution in [0.3, 0.4) is 0 Å². The minimum Gasteiger partial charge on any atom is -0.370 e. The summed E-state index contributed by atoms with van der Waals surface area (Å²) in [6.45, 7) is 3.94. The zero-order chi connectivity index (χ0) is 14.8. The molecule has 0 aliphatic carbocycles. The van der Waals surface area contributed by atoms with Crippen LogP contribution in [0.1, 0.15) is 19.8 Å². The first-order valence-electron chi connectivity index (χ1n) is 7.22. The highest BCUT2D eigenvalue weighted by Crippen LogP contribution is 2.15. The SMILES string of the molecule is CCSc1cncc(NCCCCNc2ccccn2)n1. The van der Waals surface area contributed by atoms with Crippen molar-refractivity contribution in [2.45, 2.75) is 24.8 Å². The van der Waals surface area contributed by atoms with Gasteiger partial charge in [0.2, 0.25) is 0 Å². The molecule has 0 fully saturated rings. The molecule has 0 radical (unpaired) electrons. The minimum atomic E-state index is 0.853. The number of pyridine rings is 1. The number of anilines is 2. The molecule has 2 heterocycles. The van der Waals surface area contributed by atoms with Gasteiger partial charge in [-0.3, -0.25) is 4.98 Å². The quantitative estimate of drug-likeness (QED) is 0.547. The molecule has 0 saturated carbocycles. The molecule has 0 amide bonds. The lowest BCUT2D eigenvalue weighted by atomic mass is 10.3. The molecule has 2 rings (SSSR count). The molecule has 21 heavy (non-hydrogen) atoms. The van der Waals surface area contributed by atoms with Gasteiger partial charge in [0.15, 0.2) is 0 Å². The van der Waals surface area contributed by atoms with Crippen molar-refractivity contribution in [3.05, 3.63) is 36.8 Å². The second-order valence-corrected chi connectivity index (χ2v) is 5.74. The van der Waals surface area contributed by atoms with Gasteiger partial charge < -0.3 is 10.6 Å². The summed E-state index contributed by atoms with van der Waals surface area (Å²) in [4.78, 5) is 12.9. The Bertz CT molecular complexity index is 520. The van der Waals surface area contributed by atoms with Gasteiger partial charge in [-0.1, -0.05) is 13.0 Å². The van der Waals surface area contributed by atoms with Crippen molar-refractivity contribution in [1.82, 2.24) is 15.0 Å². The van der Waals surface area contributed by atoms with E-state index < -0.39 is 0 Å². The topological polar surface area (TPSA) is 62.7 Å². The molecule has 112 valence electrons. The highest BCUT2D eigenvalue weighted by molar-refractivity contribution is 7.99. The van der Waals surface area contributed by atoms with Crippen LogP contribution < -0.4 is 10.6 Å². The zero-order valence-electron chi connectivity index (χ0n) is 12.2. The summed E-state index contributed by atoms with van der Waals surface area (Å²) < 4.78 is 0. The first-order valence-corrected chi connectivity index (χ1v) is 8.20. The maximum absolute atomic E-state index is 4.49. The number of rotatable bonds is 9. The monoisotopic (exact) mass is 303 g/mol. The van der Waals surface area contributed by atoms with E-state index >= 15 is 0 Å². The maximum atomic E-state index is 4.49. The molecule has 0 spiro atoms. The molecule has 2 N–H and O–H groups in total. The minimum absolute atomic E-state index is 0.853. The predicted octanol–water partition coefficient (Wildman–Crippen LogP) is 3.29. The lowest BCUT2D eigenvalue weighted by Crippen LogP contribution is -2.08. The predicted molar refractivity (Wildman–Crippen MR) is 88.9 cm³/mol. The molecule has 5 nitrogen and oxygen atoms in total. The van der Waals surface area contributed by atoms with Crippen LogP contribution in [0.15, 0.2) is 41.8 Å². The van der Waals surface area contributed by atoms with Gasteiger partial charge in [0, 0.05) is 19.3 Å². The average molecular weight is 303 g/mol. The summed E-state index contributed by atoms with van der Waals surface area (Å²) in [6, 6.07) is 5.88. The van der Waals surface area contributed by atoms with E-state index in [1.807, 2.05) is 18.2 Å². The number of hydrogen-bond acceptors (Lipinski definition) is 6. The van der Waals surface area contributed by atoms with Crippen molar-refractivity contribution in [3.63, 3.8) is 0 Å². The number of hydrogen-bond donors (Lipinski definition) is 2. The van der Waals surface area contributed by atoms with Crippen LogP contribution in [-0.4, -0.2) is 33.8 Å². The highest BCUT2D eigenvalue weighted by atomic mass is 32.2. The van der Waals surface area contributed by atoms with Crippen molar-refractivity contribution >= 4 is 23.4 Å². The molecule has 0 aliphatic rings. The van der Waals surface area contributed by atoms with Crippen molar-refractivity contribution in [1.29, 1.82) is 0 Å². The average Bonchev–Trinajstić information content (AvgIpc) is 2.52. The Labute approximate surface area is 130 Å². The van der Waals surface area contributed by atoms with E-state index in [-0.39, 0.29) is 0 Å². The number of aromatic nitrogens is 3. The van der Waals surface area contributed by atoms with Gasteiger partial charge in [0.05, 0.1) is 12.4 Å². The van der Waals surface area contributed by atoms with E-state index in [2.05, 4.69) is 32.5 Å². The number of nitrogens with one attached hydrogen (secondary N) is 2. The maximum Gasteiger partial charge on any atom is 0.145 e. The van der Waals surface area contributed by atoms with Crippen LogP contribution in [0.4, 0.5) is 11.6 Å². The summed E-state index contributed by atoms with van der Waals surface area (Å²) in [5, 5.41) is 7.58. The third-order valence-electron chi connectivity index (χ3n) is 2.79. The molecule has 2 aromatic heterocycles. The van der Waals surface area contributed by atoms with E-state index in [4.69, 9.17) is 0 Å². The van der Waals surface area contributed by atoms with Crippen LogP contribution in [0, 0.1) is 0 Å². The number of thioether (sulfide) groups is 1. The normalized spacial score (nSPS) is 10.3. The largest absolute Gasteiger partial charge is 0.370 e. The van der Waals surface area contributed by atoms with Crippen molar-refractivity contribution < 1.29 is 0 Å². The van der Waals surface area contributed by atoms with Gasteiger partial charge in [-0.15, -0.1) is 11.8 Å². The Morgan fingerprint density at radius 3 is 2.57 bits per heavy atom. The van der Waals surface area contributed by atoms with Crippen LogP contribution in [0.25, 0.3) is 0 Å². The van der Waals surface area contributed by atoms with E-state index in [0.29, 0.717) is 0 Å². The van der Waals surface area contributed by atoms with E-state index in [9.17, 15) is 0 Å². The van der Waals surface area contributed by atoms with Crippen LogP contribution in [-0.2, 0) is 0 Å². The molecule has 0 aromatic carbocycles. The van der Waals surface area contributed by atoms with Gasteiger partial charge in [0.1, 0.15) is 16.7 Å². The van der Waals surface area contributed by atoms with Crippen LogP contribution >= 0.6 is 11.8 Å². The fourth-order valence-electron chi connectivity index (χ4n) is 1.80. The lowest BCUT2D eigenvalue weighted by Gasteiger charge is -2.07. The van der Waals surface area contributed by atoms with Crippen molar-refractivity contribution in [3.8, 4) is 0 Å². The van der Waals surface area contributed by atoms with Gasteiger partial charge in [-0.05, 0) is 30.7 Å². The Balaban J connectivity index is 1.60. The summed E-state index contributed by atoms with van der Waals surface area (Å²) in [5.41, 5.74) is 0. The first kappa shape index (κ1) is 15.6. The third-order valence-corrected chi connectivity index (χ3v) is 3.57. The van der Waals surface area contributed by atoms with Gasteiger partial charge in [-0.2, -0.15) is 0 Å². The summed E-state index contributed by atoms with van der Waals surface area (Å²) in [7, 11) is 0. The van der Waals surface area contributed by atoms with Gasteiger partial charge >= 0.3 is 0 Å². The molecule has 0 unspecified atom stereocenters. The van der Waals surface area contributed by atoms with E-state index in [1.165, 1.54) is 0 Å². The Kier molecular flexibility index (Phi) is 6.80. The fourth-order valence-corrected chi connectivity index (χ4v) is 2.39. The molecule has 0 aliphatic heterocycles. The standard InChI is InChI=1S/C15H21N5S/c1-2-21-15-12-16-11-14(20-15)19-10-6-5-9-18-13-7-3-4-8-17-13/h3-4,7-8,11-12H,2,5-6,9-10H2,1H3,(H,17,18)(H,19,20). The van der Waals surface area contributed by atoms with Gasteiger partial charge in [0.25, 0.3) is 0 Å².